The Labute approximate surface area is 216 Å². The topological polar surface area (TPSA) is 93.7 Å². The molecule has 0 saturated heterocycles. The van der Waals surface area contributed by atoms with E-state index in [4.69, 9.17) is 21.1 Å². The number of amides is 2. The third-order valence-electron chi connectivity index (χ3n) is 4.79. The molecule has 0 aliphatic rings. The Morgan fingerprint density at radius 2 is 1.80 bits per heavy atom. The zero-order chi connectivity index (χ0) is 25.2. The molecule has 3 rings (SSSR count). The van der Waals surface area contributed by atoms with Gasteiger partial charge in [0.15, 0.2) is 0 Å². The van der Waals surface area contributed by atoms with Crippen molar-refractivity contribution in [3.05, 3.63) is 87.4 Å². The van der Waals surface area contributed by atoms with Gasteiger partial charge in [0.2, 0.25) is 5.91 Å². The number of halogens is 2. The molecule has 2 amide bonds. The number of carbonyl (C=O) groups excluding carboxylic acids is 3. The maximum absolute atomic E-state index is 12.6. The third kappa shape index (κ3) is 8.42. The number of esters is 1. The molecule has 0 fully saturated rings. The maximum Gasteiger partial charge on any atom is 0.308 e. The minimum Gasteiger partial charge on any atom is -0.492 e. The van der Waals surface area contributed by atoms with Gasteiger partial charge < -0.3 is 20.1 Å². The molecule has 0 unspecified atom stereocenters. The molecule has 0 aliphatic heterocycles. The molecular weight excluding hydrogens is 536 g/mol. The maximum atomic E-state index is 12.6. The summed E-state index contributed by atoms with van der Waals surface area (Å²) in [6, 6.07) is 18.9. The van der Waals surface area contributed by atoms with Crippen LogP contribution in [-0.2, 0) is 16.1 Å². The SMILES string of the molecule is CC(=O)Oc1cccc(C(=O)NCc2ccccc2NC(=O)CCCOc2ccc(Br)cc2Cl)c1. The van der Waals surface area contributed by atoms with Crippen LogP contribution < -0.4 is 20.1 Å². The van der Waals surface area contributed by atoms with Crippen LogP contribution in [0.3, 0.4) is 0 Å². The van der Waals surface area contributed by atoms with Crippen LogP contribution in [0.4, 0.5) is 5.69 Å². The van der Waals surface area contributed by atoms with Gasteiger partial charge in [0.25, 0.3) is 5.91 Å². The highest BCUT2D eigenvalue weighted by molar-refractivity contribution is 9.10. The molecule has 3 aromatic carbocycles. The molecule has 0 atom stereocenters. The van der Waals surface area contributed by atoms with E-state index in [9.17, 15) is 14.4 Å². The average molecular weight is 560 g/mol. The van der Waals surface area contributed by atoms with Crippen molar-refractivity contribution in [2.24, 2.45) is 0 Å². The highest BCUT2D eigenvalue weighted by Crippen LogP contribution is 2.27. The average Bonchev–Trinajstić information content (AvgIpc) is 2.82. The number of ether oxygens (including phenoxy) is 2. The smallest absolute Gasteiger partial charge is 0.308 e. The van der Waals surface area contributed by atoms with E-state index in [0.717, 1.165) is 10.0 Å². The van der Waals surface area contributed by atoms with Gasteiger partial charge in [-0.15, -0.1) is 0 Å². The molecule has 3 aromatic rings. The lowest BCUT2D eigenvalue weighted by molar-refractivity contribution is -0.131. The van der Waals surface area contributed by atoms with Gasteiger partial charge >= 0.3 is 5.97 Å². The van der Waals surface area contributed by atoms with Crippen LogP contribution in [-0.4, -0.2) is 24.4 Å². The second kappa shape index (κ2) is 12.9. The minimum absolute atomic E-state index is 0.164. The van der Waals surface area contributed by atoms with Crippen molar-refractivity contribution in [2.75, 3.05) is 11.9 Å². The molecule has 0 aromatic heterocycles. The Morgan fingerprint density at radius 1 is 1.00 bits per heavy atom. The summed E-state index contributed by atoms with van der Waals surface area (Å²) in [5, 5.41) is 6.21. The Bertz CT molecular complexity index is 1220. The molecule has 35 heavy (non-hydrogen) atoms. The first kappa shape index (κ1) is 26.2. The summed E-state index contributed by atoms with van der Waals surface area (Å²) in [5.41, 5.74) is 1.72. The van der Waals surface area contributed by atoms with E-state index in [1.807, 2.05) is 24.3 Å². The Balaban J connectivity index is 1.50. The standard InChI is InChI=1S/C26H24BrClN2O5/c1-17(31)35-21-8-4-7-18(14-21)26(33)29-16-19-6-2-3-9-23(19)30-25(32)10-5-13-34-24-12-11-20(27)15-22(24)28/h2-4,6-9,11-12,14-15H,5,10,13,16H2,1H3,(H,29,33)(H,30,32). The van der Waals surface area contributed by atoms with Gasteiger partial charge in [0.1, 0.15) is 11.5 Å². The van der Waals surface area contributed by atoms with Crippen molar-refractivity contribution in [1.29, 1.82) is 0 Å². The lowest BCUT2D eigenvalue weighted by Gasteiger charge is -2.13. The van der Waals surface area contributed by atoms with Gasteiger partial charge in [0.05, 0.1) is 11.6 Å². The lowest BCUT2D eigenvalue weighted by atomic mass is 10.1. The fourth-order valence-electron chi connectivity index (χ4n) is 3.16. The molecule has 0 aliphatic carbocycles. The molecule has 0 saturated carbocycles. The quantitative estimate of drug-likeness (QED) is 0.187. The Hall–Kier alpha value is -3.36. The van der Waals surface area contributed by atoms with Crippen LogP contribution in [0.5, 0.6) is 11.5 Å². The summed E-state index contributed by atoms with van der Waals surface area (Å²) >= 11 is 9.47. The Kier molecular flexibility index (Phi) is 9.69. The summed E-state index contributed by atoms with van der Waals surface area (Å²) in [7, 11) is 0. The zero-order valence-corrected chi connectivity index (χ0v) is 21.3. The van der Waals surface area contributed by atoms with Gasteiger partial charge in [-0.1, -0.05) is 51.8 Å². The number of hydrogen-bond donors (Lipinski definition) is 2. The van der Waals surface area contributed by atoms with Crippen molar-refractivity contribution in [2.45, 2.75) is 26.3 Å². The second-order valence-electron chi connectivity index (χ2n) is 7.54. The molecular formula is C26H24BrClN2O5. The van der Waals surface area contributed by atoms with Crippen molar-refractivity contribution in [3.8, 4) is 11.5 Å². The number of carbonyl (C=O) groups is 3. The monoisotopic (exact) mass is 558 g/mol. The summed E-state index contributed by atoms with van der Waals surface area (Å²) in [6.45, 7) is 1.85. The third-order valence-corrected chi connectivity index (χ3v) is 5.58. The first-order chi connectivity index (χ1) is 16.8. The molecule has 2 N–H and O–H groups in total. The van der Waals surface area contributed by atoms with Gasteiger partial charge in [0, 0.05) is 35.6 Å². The highest BCUT2D eigenvalue weighted by atomic mass is 79.9. The number of rotatable bonds is 10. The van der Waals surface area contributed by atoms with E-state index in [2.05, 4.69) is 26.6 Å². The first-order valence-corrected chi connectivity index (χ1v) is 12.0. The van der Waals surface area contributed by atoms with E-state index < -0.39 is 5.97 Å². The Morgan fingerprint density at radius 3 is 2.57 bits per heavy atom. The molecule has 0 heterocycles. The van der Waals surface area contributed by atoms with Gasteiger partial charge in [-0.25, -0.2) is 0 Å². The zero-order valence-electron chi connectivity index (χ0n) is 19.0. The molecule has 7 nitrogen and oxygen atoms in total. The van der Waals surface area contributed by atoms with Crippen LogP contribution in [0.15, 0.2) is 71.2 Å². The van der Waals surface area contributed by atoms with Crippen molar-refractivity contribution >= 4 is 51.0 Å². The van der Waals surface area contributed by atoms with Crippen LogP contribution in [0, 0.1) is 0 Å². The van der Waals surface area contributed by atoms with Crippen LogP contribution in [0.25, 0.3) is 0 Å². The van der Waals surface area contributed by atoms with Crippen LogP contribution in [0.1, 0.15) is 35.7 Å². The van der Waals surface area contributed by atoms with Gasteiger partial charge in [-0.3, -0.25) is 14.4 Å². The summed E-state index contributed by atoms with van der Waals surface area (Å²) in [6.07, 6.45) is 0.771. The fourth-order valence-corrected chi connectivity index (χ4v) is 3.89. The van der Waals surface area contributed by atoms with Crippen molar-refractivity contribution in [3.63, 3.8) is 0 Å². The predicted molar refractivity (Wildman–Crippen MR) is 138 cm³/mol. The number of benzene rings is 3. The number of para-hydroxylation sites is 1. The van der Waals surface area contributed by atoms with E-state index in [1.165, 1.54) is 13.0 Å². The molecule has 182 valence electrons. The number of hydrogen-bond acceptors (Lipinski definition) is 5. The van der Waals surface area contributed by atoms with Crippen molar-refractivity contribution < 1.29 is 23.9 Å². The van der Waals surface area contributed by atoms with E-state index in [-0.39, 0.29) is 24.8 Å². The van der Waals surface area contributed by atoms with E-state index in [0.29, 0.717) is 40.8 Å². The molecule has 0 spiro atoms. The molecule has 9 heteroatoms. The first-order valence-electron chi connectivity index (χ1n) is 10.8. The normalized spacial score (nSPS) is 10.4. The molecule has 0 bridgehead atoms. The summed E-state index contributed by atoms with van der Waals surface area (Å²) < 4.78 is 11.5. The summed E-state index contributed by atoms with van der Waals surface area (Å²) in [5.74, 6) is -0.0953. The van der Waals surface area contributed by atoms with Crippen molar-refractivity contribution in [1.82, 2.24) is 5.32 Å². The highest BCUT2D eigenvalue weighted by Gasteiger charge is 2.11. The second-order valence-corrected chi connectivity index (χ2v) is 8.86. The largest absolute Gasteiger partial charge is 0.492 e. The number of anilines is 1. The van der Waals surface area contributed by atoms with Gasteiger partial charge in [-0.05, 0) is 54.4 Å². The molecule has 0 radical (unpaired) electrons. The predicted octanol–water partition coefficient (Wildman–Crippen LogP) is 5.76. The van der Waals surface area contributed by atoms with E-state index in [1.54, 1.807) is 36.4 Å². The minimum atomic E-state index is -0.462. The van der Waals surface area contributed by atoms with Crippen LogP contribution in [0.2, 0.25) is 5.02 Å². The van der Waals surface area contributed by atoms with Gasteiger partial charge in [-0.2, -0.15) is 0 Å². The van der Waals surface area contributed by atoms with Crippen LogP contribution >= 0.6 is 27.5 Å². The number of nitrogens with one attached hydrogen (secondary N) is 2. The lowest BCUT2D eigenvalue weighted by Crippen LogP contribution is -2.24. The van der Waals surface area contributed by atoms with E-state index >= 15 is 0 Å². The fraction of sp³-hybridized carbons (Fsp3) is 0.192. The summed E-state index contributed by atoms with van der Waals surface area (Å²) in [4.78, 5) is 36.1.